The van der Waals surface area contributed by atoms with E-state index in [1.807, 2.05) is 12.4 Å². The Bertz CT molecular complexity index is 486. The van der Waals surface area contributed by atoms with Gasteiger partial charge in [-0.1, -0.05) is 6.07 Å². The highest BCUT2D eigenvalue weighted by Crippen LogP contribution is 2.27. The Hall–Kier alpha value is -0.870. The minimum Gasteiger partial charge on any atom is -0.316 e. The fourth-order valence-corrected chi connectivity index (χ4v) is 2.69. The minimum atomic E-state index is 0.636. The van der Waals surface area contributed by atoms with Crippen molar-refractivity contribution < 1.29 is 0 Å². The van der Waals surface area contributed by atoms with Crippen molar-refractivity contribution in [2.75, 3.05) is 13.1 Å². The summed E-state index contributed by atoms with van der Waals surface area (Å²) in [5.41, 5.74) is 2.62. The maximum Gasteiger partial charge on any atom is 0.181 e. The van der Waals surface area contributed by atoms with Crippen LogP contribution in [0.15, 0.2) is 29.3 Å². The van der Waals surface area contributed by atoms with Gasteiger partial charge < -0.3 is 5.32 Å². The monoisotopic (exact) mass is 265 g/mol. The van der Waals surface area contributed by atoms with Gasteiger partial charge >= 0.3 is 0 Å². The molecule has 1 aliphatic rings. The van der Waals surface area contributed by atoms with Gasteiger partial charge in [0.25, 0.3) is 0 Å². The van der Waals surface area contributed by atoms with E-state index in [2.05, 4.69) is 42.8 Å². The molecule has 0 aromatic carbocycles. The molecular formula is C11H12BrN3. The zero-order valence-corrected chi connectivity index (χ0v) is 9.87. The molecule has 2 aromatic heterocycles. The average molecular weight is 266 g/mol. The number of aromatic nitrogens is 2. The molecule has 4 heteroatoms. The Morgan fingerprint density at radius 2 is 2.47 bits per heavy atom. The lowest BCUT2D eigenvalue weighted by Gasteiger charge is -2.10. The maximum atomic E-state index is 4.29. The number of nitrogens with zero attached hydrogens (tertiary/aromatic N) is 2. The van der Waals surface area contributed by atoms with Crippen LogP contribution in [0.25, 0.3) is 5.52 Å². The smallest absolute Gasteiger partial charge is 0.181 e. The first-order chi connectivity index (χ1) is 7.36. The molecular weight excluding hydrogens is 254 g/mol. The van der Waals surface area contributed by atoms with Gasteiger partial charge in [-0.15, -0.1) is 0 Å². The summed E-state index contributed by atoms with van der Waals surface area (Å²) in [6, 6.07) is 4.30. The molecule has 1 fully saturated rings. The largest absolute Gasteiger partial charge is 0.316 e. The van der Waals surface area contributed by atoms with Crippen molar-refractivity contribution in [2.24, 2.45) is 0 Å². The lowest BCUT2D eigenvalue weighted by molar-refractivity contribution is 0.765. The van der Waals surface area contributed by atoms with Crippen molar-refractivity contribution in [2.45, 2.75) is 12.3 Å². The van der Waals surface area contributed by atoms with Gasteiger partial charge in [0.1, 0.15) is 0 Å². The molecule has 2 aromatic rings. The van der Waals surface area contributed by atoms with Gasteiger partial charge in [-0.3, -0.25) is 4.40 Å². The third-order valence-corrected chi connectivity index (χ3v) is 3.65. The van der Waals surface area contributed by atoms with E-state index in [1.54, 1.807) is 0 Å². The predicted octanol–water partition coefficient (Wildman–Crippen LogP) is 2.17. The number of rotatable bonds is 1. The van der Waals surface area contributed by atoms with Gasteiger partial charge in [0, 0.05) is 12.7 Å². The Morgan fingerprint density at radius 1 is 1.53 bits per heavy atom. The van der Waals surface area contributed by atoms with Crippen molar-refractivity contribution in [3.05, 3.63) is 34.8 Å². The summed E-state index contributed by atoms with van der Waals surface area (Å²) >= 11 is 3.45. The lowest BCUT2D eigenvalue weighted by Crippen LogP contribution is -2.08. The Kier molecular flexibility index (Phi) is 2.25. The van der Waals surface area contributed by atoms with Gasteiger partial charge in [-0.05, 0) is 46.4 Å². The molecule has 1 N–H and O–H groups in total. The molecule has 1 saturated heterocycles. The summed E-state index contributed by atoms with van der Waals surface area (Å²) in [6.07, 6.45) is 5.21. The molecule has 0 radical (unpaired) electrons. The second kappa shape index (κ2) is 3.61. The van der Waals surface area contributed by atoms with Crippen LogP contribution in [-0.4, -0.2) is 22.5 Å². The van der Waals surface area contributed by atoms with Crippen LogP contribution in [0.3, 0.4) is 0 Å². The second-order valence-electron chi connectivity index (χ2n) is 3.94. The second-order valence-corrected chi connectivity index (χ2v) is 4.65. The van der Waals surface area contributed by atoms with E-state index >= 15 is 0 Å². The topological polar surface area (TPSA) is 29.3 Å². The highest BCUT2D eigenvalue weighted by atomic mass is 79.9. The van der Waals surface area contributed by atoms with Crippen molar-refractivity contribution in [3.63, 3.8) is 0 Å². The highest BCUT2D eigenvalue weighted by molar-refractivity contribution is 9.10. The molecule has 1 unspecified atom stereocenters. The molecule has 1 atom stereocenters. The first-order valence-corrected chi connectivity index (χ1v) is 5.98. The summed E-state index contributed by atoms with van der Waals surface area (Å²) in [7, 11) is 0. The van der Waals surface area contributed by atoms with Crippen molar-refractivity contribution >= 4 is 21.4 Å². The lowest BCUT2D eigenvalue weighted by atomic mass is 9.98. The first kappa shape index (κ1) is 9.36. The molecule has 0 bridgehead atoms. The van der Waals surface area contributed by atoms with E-state index in [0.717, 1.165) is 17.8 Å². The van der Waals surface area contributed by atoms with Crippen LogP contribution in [0.4, 0.5) is 0 Å². The summed E-state index contributed by atoms with van der Waals surface area (Å²) in [5, 5.41) is 3.40. The van der Waals surface area contributed by atoms with E-state index in [9.17, 15) is 0 Å². The van der Waals surface area contributed by atoms with Gasteiger partial charge in [0.05, 0.1) is 11.7 Å². The van der Waals surface area contributed by atoms with Crippen LogP contribution >= 0.6 is 15.9 Å². The van der Waals surface area contributed by atoms with Crippen molar-refractivity contribution in [1.82, 2.24) is 14.7 Å². The summed E-state index contributed by atoms with van der Waals surface area (Å²) < 4.78 is 2.97. The van der Waals surface area contributed by atoms with Crippen LogP contribution < -0.4 is 5.32 Å². The molecule has 0 amide bonds. The third-order valence-electron chi connectivity index (χ3n) is 3.06. The highest BCUT2D eigenvalue weighted by Gasteiger charge is 2.19. The Labute approximate surface area is 96.6 Å². The zero-order valence-electron chi connectivity index (χ0n) is 8.28. The minimum absolute atomic E-state index is 0.636. The van der Waals surface area contributed by atoms with Gasteiger partial charge in [-0.2, -0.15) is 0 Å². The van der Waals surface area contributed by atoms with Crippen LogP contribution in [0, 0.1) is 0 Å². The third kappa shape index (κ3) is 1.48. The van der Waals surface area contributed by atoms with E-state index < -0.39 is 0 Å². The first-order valence-electron chi connectivity index (χ1n) is 5.18. The van der Waals surface area contributed by atoms with Gasteiger partial charge in [0.2, 0.25) is 0 Å². The van der Waals surface area contributed by atoms with Crippen molar-refractivity contribution in [3.8, 4) is 0 Å². The van der Waals surface area contributed by atoms with Crippen molar-refractivity contribution in [1.29, 1.82) is 0 Å². The molecule has 0 aliphatic carbocycles. The van der Waals surface area contributed by atoms with E-state index in [4.69, 9.17) is 0 Å². The van der Waals surface area contributed by atoms with Crippen LogP contribution in [-0.2, 0) is 0 Å². The molecule has 3 rings (SSSR count). The number of imidazole rings is 1. The number of pyridine rings is 1. The number of halogens is 1. The summed E-state index contributed by atoms with van der Waals surface area (Å²) in [6.45, 7) is 2.21. The quantitative estimate of drug-likeness (QED) is 0.857. The molecule has 3 nitrogen and oxygen atoms in total. The normalized spacial score (nSPS) is 21.3. The Morgan fingerprint density at radius 3 is 3.27 bits per heavy atom. The number of fused-ring (bicyclic) bond motifs is 1. The van der Waals surface area contributed by atoms with Crippen LogP contribution in [0.2, 0.25) is 0 Å². The number of hydrogen-bond acceptors (Lipinski definition) is 2. The molecule has 78 valence electrons. The fourth-order valence-electron chi connectivity index (χ4n) is 2.28. The number of hydrogen-bond donors (Lipinski definition) is 1. The SMILES string of the molecule is Brc1ncc2c(C3CCNC3)cccn12. The van der Waals surface area contributed by atoms with Gasteiger partial charge in [0.15, 0.2) is 4.73 Å². The average Bonchev–Trinajstić information content (AvgIpc) is 2.88. The predicted molar refractivity (Wildman–Crippen MR) is 63.1 cm³/mol. The maximum absolute atomic E-state index is 4.29. The zero-order chi connectivity index (χ0) is 10.3. The molecule has 0 spiro atoms. The van der Waals surface area contributed by atoms with Crippen LogP contribution in [0.5, 0.6) is 0 Å². The van der Waals surface area contributed by atoms with E-state index in [-0.39, 0.29) is 0 Å². The molecule has 3 heterocycles. The Balaban J connectivity index is 2.17. The van der Waals surface area contributed by atoms with E-state index in [1.165, 1.54) is 17.5 Å². The molecule has 1 aliphatic heterocycles. The summed E-state index contributed by atoms with van der Waals surface area (Å²) in [4.78, 5) is 4.29. The van der Waals surface area contributed by atoms with E-state index in [0.29, 0.717) is 5.92 Å². The van der Waals surface area contributed by atoms with Gasteiger partial charge in [-0.25, -0.2) is 4.98 Å². The molecule has 0 saturated carbocycles. The molecule has 15 heavy (non-hydrogen) atoms. The fraction of sp³-hybridized carbons (Fsp3) is 0.364. The summed E-state index contributed by atoms with van der Waals surface area (Å²) in [5.74, 6) is 0.636. The number of nitrogens with one attached hydrogen (secondary N) is 1. The van der Waals surface area contributed by atoms with Crippen LogP contribution in [0.1, 0.15) is 17.9 Å². The standard InChI is InChI=1S/C11H12BrN3/c12-11-14-7-10-9(2-1-5-15(10)11)8-3-4-13-6-8/h1-2,5,7-8,13H,3-4,6H2.